The van der Waals surface area contributed by atoms with Crippen molar-refractivity contribution in [2.75, 3.05) is 6.54 Å². The largest absolute Gasteiger partial charge is 0.306 e. The summed E-state index contributed by atoms with van der Waals surface area (Å²) in [6.07, 6.45) is 0. The van der Waals surface area contributed by atoms with Crippen LogP contribution in [-0.2, 0) is 0 Å². The third-order valence-electron chi connectivity index (χ3n) is 3.17. The molecule has 1 aromatic heterocycles. The van der Waals surface area contributed by atoms with Crippen molar-refractivity contribution in [3.63, 3.8) is 0 Å². The van der Waals surface area contributed by atoms with Gasteiger partial charge in [-0.2, -0.15) is 11.3 Å². The van der Waals surface area contributed by atoms with E-state index in [2.05, 4.69) is 29.9 Å². The summed E-state index contributed by atoms with van der Waals surface area (Å²) in [4.78, 5) is 0. The first-order valence-electron chi connectivity index (χ1n) is 6.15. The smallest absolute Gasteiger partial charge is 0.123 e. The van der Waals surface area contributed by atoms with Crippen molar-refractivity contribution in [1.82, 2.24) is 5.32 Å². The van der Waals surface area contributed by atoms with Crippen LogP contribution in [0.3, 0.4) is 0 Å². The molecular formula is C15H18FNS. The lowest BCUT2D eigenvalue weighted by Crippen LogP contribution is -2.23. The van der Waals surface area contributed by atoms with Crippen LogP contribution in [0.4, 0.5) is 4.39 Å². The van der Waals surface area contributed by atoms with Gasteiger partial charge in [0.05, 0.1) is 6.04 Å². The van der Waals surface area contributed by atoms with Gasteiger partial charge >= 0.3 is 0 Å². The number of hydrogen-bond donors (Lipinski definition) is 1. The summed E-state index contributed by atoms with van der Waals surface area (Å²) in [6.45, 7) is 7.06. The number of thiophene rings is 1. The molecule has 0 saturated carbocycles. The Kier molecular flexibility index (Phi) is 4.15. The van der Waals surface area contributed by atoms with Gasteiger partial charge in [-0.15, -0.1) is 0 Å². The number of hydrogen-bond acceptors (Lipinski definition) is 2. The van der Waals surface area contributed by atoms with Crippen LogP contribution < -0.4 is 5.32 Å². The summed E-state index contributed by atoms with van der Waals surface area (Å²) in [5, 5.41) is 7.73. The maximum absolute atomic E-state index is 13.5. The first kappa shape index (κ1) is 13.2. The fraction of sp³-hybridized carbons (Fsp3) is 0.333. The summed E-state index contributed by atoms with van der Waals surface area (Å²) in [5.74, 6) is -0.175. The highest BCUT2D eigenvalue weighted by atomic mass is 32.1. The van der Waals surface area contributed by atoms with E-state index in [9.17, 15) is 4.39 Å². The highest BCUT2D eigenvalue weighted by Crippen LogP contribution is 2.29. The van der Waals surface area contributed by atoms with Gasteiger partial charge in [-0.3, -0.25) is 0 Å². The molecule has 1 aromatic carbocycles. The second kappa shape index (κ2) is 5.63. The molecule has 0 fully saturated rings. The van der Waals surface area contributed by atoms with E-state index in [0.29, 0.717) is 0 Å². The molecule has 18 heavy (non-hydrogen) atoms. The van der Waals surface area contributed by atoms with Crippen molar-refractivity contribution in [3.8, 4) is 0 Å². The molecule has 1 heterocycles. The molecule has 0 bridgehead atoms. The van der Waals surface area contributed by atoms with Gasteiger partial charge in [-0.1, -0.05) is 13.0 Å². The van der Waals surface area contributed by atoms with E-state index < -0.39 is 0 Å². The van der Waals surface area contributed by atoms with Gasteiger partial charge < -0.3 is 5.32 Å². The predicted molar refractivity (Wildman–Crippen MR) is 75.7 cm³/mol. The first-order valence-corrected chi connectivity index (χ1v) is 7.10. The Balaban J connectivity index is 2.48. The molecule has 1 N–H and O–H groups in total. The SMILES string of the molecule is CCNC(c1cscc1C)c1cc(F)ccc1C. The van der Waals surface area contributed by atoms with Gasteiger partial charge in [0.1, 0.15) is 5.82 Å². The third kappa shape index (κ3) is 2.62. The summed E-state index contributed by atoms with van der Waals surface area (Å²) in [5.41, 5.74) is 4.65. The minimum Gasteiger partial charge on any atom is -0.306 e. The van der Waals surface area contributed by atoms with E-state index in [4.69, 9.17) is 0 Å². The molecule has 0 aliphatic rings. The highest BCUT2D eigenvalue weighted by Gasteiger charge is 2.18. The Morgan fingerprint density at radius 3 is 2.56 bits per heavy atom. The van der Waals surface area contributed by atoms with Crippen molar-refractivity contribution in [2.24, 2.45) is 0 Å². The Morgan fingerprint density at radius 2 is 1.94 bits per heavy atom. The molecular weight excluding hydrogens is 245 g/mol. The number of benzene rings is 1. The minimum atomic E-state index is -0.175. The lowest BCUT2D eigenvalue weighted by atomic mass is 9.94. The van der Waals surface area contributed by atoms with Crippen LogP contribution in [0.15, 0.2) is 29.0 Å². The number of aryl methyl sites for hydroxylation is 2. The average molecular weight is 263 g/mol. The summed E-state index contributed by atoms with van der Waals surface area (Å²) in [6, 6.07) is 5.08. The molecule has 0 saturated heterocycles. The zero-order chi connectivity index (χ0) is 13.1. The van der Waals surface area contributed by atoms with Crippen molar-refractivity contribution >= 4 is 11.3 Å². The second-order valence-electron chi connectivity index (χ2n) is 4.50. The van der Waals surface area contributed by atoms with E-state index >= 15 is 0 Å². The Hall–Kier alpha value is -1.19. The van der Waals surface area contributed by atoms with E-state index in [1.807, 2.05) is 13.0 Å². The molecule has 1 atom stereocenters. The Morgan fingerprint density at radius 1 is 1.17 bits per heavy atom. The van der Waals surface area contributed by atoms with Gasteiger partial charge in [-0.05, 0) is 65.5 Å². The maximum atomic E-state index is 13.5. The third-order valence-corrected chi connectivity index (χ3v) is 4.05. The zero-order valence-electron chi connectivity index (χ0n) is 11.0. The summed E-state index contributed by atoms with van der Waals surface area (Å²) in [7, 11) is 0. The van der Waals surface area contributed by atoms with Crippen LogP contribution in [0.2, 0.25) is 0 Å². The quantitative estimate of drug-likeness (QED) is 0.871. The lowest BCUT2D eigenvalue weighted by Gasteiger charge is -2.21. The van der Waals surface area contributed by atoms with Crippen LogP contribution >= 0.6 is 11.3 Å². The molecule has 2 aromatic rings. The van der Waals surface area contributed by atoms with Crippen LogP contribution in [-0.4, -0.2) is 6.54 Å². The molecule has 0 aliphatic heterocycles. The van der Waals surface area contributed by atoms with Crippen molar-refractivity contribution in [2.45, 2.75) is 26.8 Å². The number of halogens is 1. The molecule has 0 spiro atoms. The predicted octanol–water partition coefficient (Wildman–Crippen LogP) is 4.20. The monoisotopic (exact) mass is 263 g/mol. The summed E-state index contributed by atoms with van der Waals surface area (Å²) < 4.78 is 13.5. The zero-order valence-corrected chi connectivity index (χ0v) is 11.8. The van der Waals surface area contributed by atoms with Crippen molar-refractivity contribution in [3.05, 3.63) is 57.0 Å². The normalized spacial score (nSPS) is 12.7. The fourth-order valence-electron chi connectivity index (χ4n) is 2.18. The Bertz CT molecular complexity index is 533. The van der Waals surface area contributed by atoms with Crippen LogP contribution in [0.5, 0.6) is 0 Å². The topological polar surface area (TPSA) is 12.0 Å². The lowest BCUT2D eigenvalue weighted by molar-refractivity contribution is 0.600. The molecule has 0 amide bonds. The van der Waals surface area contributed by atoms with E-state index in [-0.39, 0.29) is 11.9 Å². The number of rotatable bonds is 4. The molecule has 1 nitrogen and oxygen atoms in total. The molecule has 3 heteroatoms. The van der Waals surface area contributed by atoms with Crippen molar-refractivity contribution in [1.29, 1.82) is 0 Å². The fourth-order valence-corrected chi connectivity index (χ4v) is 3.06. The second-order valence-corrected chi connectivity index (χ2v) is 5.25. The van der Waals surface area contributed by atoms with Crippen LogP contribution in [0.1, 0.15) is 35.2 Å². The Labute approximate surface area is 112 Å². The van der Waals surface area contributed by atoms with Crippen LogP contribution in [0, 0.1) is 19.7 Å². The van der Waals surface area contributed by atoms with Gasteiger partial charge in [0.15, 0.2) is 0 Å². The minimum absolute atomic E-state index is 0.0805. The molecule has 96 valence electrons. The van der Waals surface area contributed by atoms with Crippen molar-refractivity contribution < 1.29 is 4.39 Å². The van der Waals surface area contributed by atoms with Gasteiger partial charge in [0, 0.05) is 0 Å². The molecule has 2 rings (SSSR count). The first-order chi connectivity index (χ1) is 8.63. The highest BCUT2D eigenvalue weighted by molar-refractivity contribution is 7.08. The van der Waals surface area contributed by atoms with E-state index in [1.165, 1.54) is 17.2 Å². The molecule has 0 aliphatic carbocycles. The maximum Gasteiger partial charge on any atom is 0.123 e. The van der Waals surface area contributed by atoms with E-state index in [0.717, 1.165) is 17.7 Å². The standard InChI is InChI=1S/C15H18FNS/c1-4-17-15(14-9-18-8-11(14)3)13-7-12(16)6-5-10(13)2/h5-9,15,17H,4H2,1-3H3. The average Bonchev–Trinajstić information content (AvgIpc) is 2.76. The van der Waals surface area contributed by atoms with Gasteiger partial charge in [0.2, 0.25) is 0 Å². The number of nitrogens with one attached hydrogen (secondary N) is 1. The molecule has 0 radical (unpaired) electrons. The van der Waals surface area contributed by atoms with E-state index in [1.54, 1.807) is 17.4 Å². The molecule has 1 unspecified atom stereocenters. The van der Waals surface area contributed by atoms with Gasteiger partial charge in [-0.25, -0.2) is 4.39 Å². The van der Waals surface area contributed by atoms with Gasteiger partial charge in [0.25, 0.3) is 0 Å². The summed E-state index contributed by atoms with van der Waals surface area (Å²) >= 11 is 1.69. The van der Waals surface area contributed by atoms with Crippen LogP contribution in [0.25, 0.3) is 0 Å².